The van der Waals surface area contributed by atoms with Gasteiger partial charge in [-0.3, -0.25) is 4.90 Å². The van der Waals surface area contributed by atoms with Crippen molar-refractivity contribution in [3.8, 4) is 0 Å². The van der Waals surface area contributed by atoms with Crippen molar-refractivity contribution in [1.29, 1.82) is 0 Å². The number of carbonyl (C=O) groups is 1. The third kappa shape index (κ3) is 3.78. The topological polar surface area (TPSA) is 61.6 Å². The highest BCUT2D eigenvalue weighted by atomic mass is 16.4. The molecule has 2 saturated carbocycles. The summed E-state index contributed by atoms with van der Waals surface area (Å²) in [5.74, 6) is 2.13. The lowest BCUT2D eigenvalue weighted by Crippen LogP contribution is -2.58. The van der Waals surface area contributed by atoms with Crippen LogP contribution in [-0.2, 0) is 4.79 Å². The van der Waals surface area contributed by atoms with Crippen molar-refractivity contribution >= 4 is 23.0 Å². The van der Waals surface area contributed by atoms with Gasteiger partial charge in [-0.05, 0) is 81.8 Å². The molecule has 1 N–H and O–H groups in total. The summed E-state index contributed by atoms with van der Waals surface area (Å²) >= 11 is 0. The fourth-order valence-corrected chi connectivity index (χ4v) is 8.99. The van der Waals surface area contributed by atoms with Gasteiger partial charge < -0.3 is 14.6 Å². The van der Waals surface area contributed by atoms with E-state index in [9.17, 15) is 9.90 Å². The highest BCUT2D eigenvalue weighted by molar-refractivity contribution is 5.82. The van der Waals surface area contributed by atoms with E-state index >= 15 is 0 Å². The molecule has 0 radical (unpaired) electrons. The first kappa shape index (κ1) is 22.1. The molecular weight excluding hydrogens is 436 g/mol. The highest BCUT2D eigenvalue weighted by Crippen LogP contribution is 2.48. The fraction of sp³-hybridized carbons (Fsp3) is 0.724. The largest absolute Gasteiger partial charge is 0.480 e. The number of benzene rings is 1. The van der Waals surface area contributed by atoms with Crippen LogP contribution in [0.15, 0.2) is 24.3 Å². The first-order valence-corrected chi connectivity index (χ1v) is 14.4. The molecule has 4 bridgehead atoms. The first-order valence-electron chi connectivity index (χ1n) is 14.4. The molecule has 35 heavy (non-hydrogen) atoms. The van der Waals surface area contributed by atoms with Gasteiger partial charge in [0, 0.05) is 30.7 Å². The van der Waals surface area contributed by atoms with E-state index in [1.54, 1.807) is 0 Å². The van der Waals surface area contributed by atoms with E-state index < -0.39 is 12.0 Å². The van der Waals surface area contributed by atoms with Gasteiger partial charge in [0.2, 0.25) is 5.95 Å². The normalized spacial score (nSPS) is 37.6. The van der Waals surface area contributed by atoms with E-state index in [0.717, 1.165) is 42.3 Å². The number of aromatic nitrogens is 2. The zero-order valence-electron chi connectivity index (χ0n) is 20.9. The van der Waals surface area contributed by atoms with Crippen LogP contribution in [-0.4, -0.2) is 56.2 Å². The summed E-state index contributed by atoms with van der Waals surface area (Å²) in [6, 6.07) is 10.5. The molecule has 3 saturated heterocycles. The number of carboxylic acids is 1. The third-order valence-corrected chi connectivity index (χ3v) is 10.3. The average Bonchev–Trinajstić information content (AvgIpc) is 3.48. The molecule has 1 aromatic carbocycles. The summed E-state index contributed by atoms with van der Waals surface area (Å²) in [5.41, 5.74) is 2.19. The number of imidazole rings is 1. The molecule has 0 spiro atoms. The smallest absolute Gasteiger partial charge is 0.326 e. The highest BCUT2D eigenvalue weighted by Gasteiger charge is 2.46. The van der Waals surface area contributed by atoms with Crippen molar-refractivity contribution in [2.75, 3.05) is 11.4 Å². The molecule has 2 aliphatic carbocycles. The van der Waals surface area contributed by atoms with Gasteiger partial charge in [0.05, 0.1) is 11.0 Å². The molecule has 7 atom stereocenters. The van der Waals surface area contributed by atoms with Crippen LogP contribution in [0.4, 0.5) is 5.95 Å². The molecular formula is C29H40N4O2. The van der Waals surface area contributed by atoms with Crippen LogP contribution in [0, 0.1) is 11.8 Å². The van der Waals surface area contributed by atoms with E-state index in [2.05, 4.69) is 38.6 Å². The van der Waals surface area contributed by atoms with Crippen molar-refractivity contribution in [3.63, 3.8) is 0 Å². The number of nitrogens with zero attached hydrogens (tertiary/aromatic N) is 4. The fourth-order valence-electron chi connectivity index (χ4n) is 8.99. The molecule has 4 heterocycles. The van der Waals surface area contributed by atoms with Crippen molar-refractivity contribution in [1.82, 2.24) is 14.5 Å². The van der Waals surface area contributed by atoms with Crippen molar-refractivity contribution in [2.24, 2.45) is 11.8 Å². The Kier molecular flexibility index (Phi) is 5.56. The molecule has 1 aromatic heterocycles. The second-order valence-corrected chi connectivity index (χ2v) is 12.3. The maximum absolute atomic E-state index is 12.1. The summed E-state index contributed by atoms with van der Waals surface area (Å²) in [7, 11) is 0. The summed E-state index contributed by atoms with van der Waals surface area (Å²) in [5, 5.41) is 9.91. The Bertz CT molecular complexity index is 1070. The monoisotopic (exact) mass is 476 g/mol. The Balaban J connectivity index is 1.22. The molecule has 0 unspecified atom stereocenters. The Hall–Kier alpha value is -2.08. The van der Waals surface area contributed by atoms with Crippen LogP contribution in [0.5, 0.6) is 0 Å². The number of aliphatic carboxylic acids is 1. The second kappa shape index (κ2) is 8.79. The number of para-hydroxylation sites is 2. The summed E-state index contributed by atoms with van der Waals surface area (Å²) in [4.78, 5) is 22.2. The maximum Gasteiger partial charge on any atom is 0.326 e. The lowest BCUT2D eigenvalue weighted by atomic mass is 9.68. The standard InChI is InChI=1S/C29H40N4O2/c34-28(35)27-12-5-13-31(27)29-30-25-10-1-2-11-26(25)33(29)24-17-21-8-4-9-22(18-24)32(21)23-15-19-6-3-7-20(14-19)16-23/h1-2,10-11,19-24,27H,3-9,12-18H2,(H,34,35)/t19-,20+,21-,22+,23+,24+,27-/m0/s1. The van der Waals surface area contributed by atoms with Crippen LogP contribution < -0.4 is 4.90 Å². The van der Waals surface area contributed by atoms with Crippen LogP contribution >= 0.6 is 0 Å². The number of hydrogen-bond donors (Lipinski definition) is 1. The van der Waals surface area contributed by atoms with E-state index in [4.69, 9.17) is 4.98 Å². The number of rotatable bonds is 4. The lowest BCUT2D eigenvalue weighted by Gasteiger charge is -2.55. The van der Waals surface area contributed by atoms with Gasteiger partial charge in [0.25, 0.3) is 0 Å². The molecule has 5 fully saturated rings. The number of carboxylic acid groups (broad SMARTS) is 1. The number of fused-ring (bicyclic) bond motifs is 5. The Morgan fingerprint density at radius 1 is 0.800 bits per heavy atom. The number of anilines is 1. The van der Waals surface area contributed by atoms with Crippen molar-refractivity contribution in [2.45, 2.75) is 114 Å². The minimum Gasteiger partial charge on any atom is -0.480 e. The average molecular weight is 477 g/mol. The van der Waals surface area contributed by atoms with Gasteiger partial charge >= 0.3 is 5.97 Å². The molecule has 7 rings (SSSR count). The predicted octanol–water partition coefficient (Wildman–Crippen LogP) is 5.62. The van der Waals surface area contributed by atoms with Gasteiger partial charge in [0.15, 0.2) is 0 Å². The Morgan fingerprint density at radius 3 is 2.26 bits per heavy atom. The van der Waals surface area contributed by atoms with Crippen LogP contribution in [0.3, 0.4) is 0 Å². The van der Waals surface area contributed by atoms with Crippen LogP contribution in [0.1, 0.15) is 89.5 Å². The Labute approximate surface area is 208 Å². The van der Waals surface area contributed by atoms with Crippen molar-refractivity contribution in [3.05, 3.63) is 24.3 Å². The number of piperidine rings is 2. The minimum atomic E-state index is -0.712. The van der Waals surface area contributed by atoms with Gasteiger partial charge in [-0.2, -0.15) is 0 Å². The second-order valence-electron chi connectivity index (χ2n) is 12.3. The third-order valence-electron chi connectivity index (χ3n) is 10.3. The van der Waals surface area contributed by atoms with E-state index in [1.807, 2.05) is 0 Å². The van der Waals surface area contributed by atoms with Crippen molar-refractivity contribution < 1.29 is 9.90 Å². The quantitative estimate of drug-likeness (QED) is 0.621. The van der Waals surface area contributed by atoms with E-state index in [1.165, 1.54) is 76.1 Å². The molecule has 6 nitrogen and oxygen atoms in total. The molecule has 0 amide bonds. The summed E-state index contributed by atoms with van der Waals surface area (Å²) in [6.45, 7) is 0.789. The lowest BCUT2D eigenvalue weighted by molar-refractivity contribution is -0.138. The zero-order chi connectivity index (χ0) is 23.5. The zero-order valence-corrected chi connectivity index (χ0v) is 20.9. The van der Waals surface area contributed by atoms with Crippen LogP contribution in [0.25, 0.3) is 11.0 Å². The first-order chi connectivity index (χ1) is 17.2. The molecule has 6 heteroatoms. The van der Waals surface area contributed by atoms with Crippen LogP contribution in [0.2, 0.25) is 0 Å². The molecule has 188 valence electrons. The summed E-state index contributed by atoms with van der Waals surface area (Å²) < 4.78 is 2.47. The van der Waals surface area contributed by atoms with Gasteiger partial charge in [-0.25, -0.2) is 9.78 Å². The maximum atomic E-state index is 12.1. The molecule has 2 aromatic rings. The minimum absolute atomic E-state index is 0.405. The number of hydrogen-bond acceptors (Lipinski definition) is 4. The van der Waals surface area contributed by atoms with E-state index in [0.29, 0.717) is 24.5 Å². The van der Waals surface area contributed by atoms with Gasteiger partial charge in [0.1, 0.15) is 6.04 Å². The molecule has 5 aliphatic rings. The predicted molar refractivity (Wildman–Crippen MR) is 138 cm³/mol. The van der Waals surface area contributed by atoms with E-state index in [-0.39, 0.29) is 0 Å². The summed E-state index contributed by atoms with van der Waals surface area (Å²) in [6.07, 6.45) is 16.8. The van der Waals surface area contributed by atoms with Gasteiger partial charge in [-0.15, -0.1) is 0 Å². The Morgan fingerprint density at radius 2 is 1.51 bits per heavy atom. The SMILES string of the molecule is O=C(O)[C@@H]1CCCN1c1nc2ccccc2n1[C@H]1C[C@H]2CCC[C@@H](C1)N2[C@H]1C[C@@H]2CCC[C@@H](C2)C1. The molecule has 3 aliphatic heterocycles. The van der Waals surface area contributed by atoms with Gasteiger partial charge in [-0.1, -0.05) is 37.8 Å².